The molecule has 2 saturated carbocycles. The Morgan fingerprint density at radius 2 is 2.15 bits per heavy atom. The SMILES string of the molecule is O=C(CC1CCC2NNCC2C1)N1CCC[C@H]1Cn1cc(C2CC2)nn1. The van der Waals surface area contributed by atoms with Gasteiger partial charge in [0, 0.05) is 37.7 Å². The maximum absolute atomic E-state index is 13.0. The van der Waals surface area contributed by atoms with Crippen molar-refractivity contribution in [2.45, 2.75) is 75.9 Å². The third-order valence-corrected chi connectivity index (χ3v) is 6.85. The first-order valence-corrected chi connectivity index (χ1v) is 10.4. The van der Waals surface area contributed by atoms with Crippen LogP contribution in [0.3, 0.4) is 0 Å². The fraction of sp³-hybridized carbons (Fsp3) is 0.842. The molecule has 2 saturated heterocycles. The Bertz CT molecular complexity index is 656. The Balaban J connectivity index is 1.17. The molecule has 7 heteroatoms. The van der Waals surface area contributed by atoms with E-state index in [2.05, 4.69) is 32.3 Å². The monoisotopic (exact) mass is 358 g/mol. The number of carbonyl (C=O) groups excluding carboxylic acids is 1. The molecule has 5 rings (SSSR count). The van der Waals surface area contributed by atoms with Gasteiger partial charge in [0.25, 0.3) is 0 Å². The summed E-state index contributed by atoms with van der Waals surface area (Å²) in [5, 5.41) is 8.61. The van der Waals surface area contributed by atoms with Crippen molar-refractivity contribution in [2.75, 3.05) is 13.1 Å². The van der Waals surface area contributed by atoms with Crippen molar-refractivity contribution in [2.24, 2.45) is 11.8 Å². The van der Waals surface area contributed by atoms with Gasteiger partial charge in [-0.3, -0.25) is 20.3 Å². The van der Waals surface area contributed by atoms with E-state index in [0.29, 0.717) is 35.7 Å². The molecular formula is C19H30N6O. The van der Waals surface area contributed by atoms with E-state index < -0.39 is 0 Å². The van der Waals surface area contributed by atoms with Crippen LogP contribution >= 0.6 is 0 Å². The molecular weight excluding hydrogens is 328 g/mol. The fourth-order valence-corrected chi connectivity index (χ4v) is 5.19. The highest BCUT2D eigenvalue weighted by molar-refractivity contribution is 5.77. The maximum atomic E-state index is 13.0. The van der Waals surface area contributed by atoms with Crippen molar-refractivity contribution in [1.29, 1.82) is 0 Å². The second kappa shape index (κ2) is 6.93. The zero-order valence-electron chi connectivity index (χ0n) is 15.4. The molecule has 0 spiro atoms. The van der Waals surface area contributed by atoms with Crippen LogP contribution in [0.2, 0.25) is 0 Å². The molecule has 4 fully saturated rings. The van der Waals surface area contributed by atoms with E-state index in [1.807, 2.05) is 4.68 Å². The van der Waals surface area contributed by atoms with Gasteiger partial charge in [0.15, 0.2) is 0 Å². The first kappa shape index (κ1) is 16.7. The van der Waals surface area contributed by atoms with Crippen molar-refractivity contribution in [3.05, 3.63) is 11.9 Å². The summed E-state index contributed by atoms with van der Waals surface area (Å²) in [4.78, 5) is 15.1. The molecule has 3 heterocycles. The number of hydrogen-bond acceptors (Lipinski definition) is 5. The minimum atomic E-state index is 0.294. The molecule has 0 bridgehead atoms. The summed E-state index contributed by atoms with van der Waals surface area (Å²) < 4.78 is 1.96. The van der Waals surface area contributed by atoms with Gasteiger partial charge >= 0.3 is 0 Å². The van der Waals surface area contributed by atoms with Crippen LogP contribution in [0.15, 0.2) is 6.20 Å². The van der Waals surface area contributed by atoms with Crippen LogP contribution in [-0.2, 0) is 11.3 Å². The summed E-state index contributed by atoms with van der Waals surface area (Å²) in [5.74, 6) is 2.25. The first-order valence-electron chi connectivity index (χ1n) is 10.4. The highest BCUT2D eigenvalue weighted by Gasteiger charge is 2.36. The van der Waals surface area contributed by atoms with E-state index >= 15 is 0 Å². The molecule has 7 nitrogen and oxygen atoms in total. The number of rotatable bonds is 5. The van der Waals surface area contributed by atoms with E-state index in [4.69, 9.17) is 0 Å². The number of aromatic nitrogens is 3. The molecule has 1 amide bonds. The predicted octanol–water partition coefficient (Wildman–Crippen LogP) is 1.43. The molecule has 1 aromatic rings. The van der Waals surface area contributed by atoms with E-state index in [1.54, 1.807) is 0 Å². The van der Waals surface area contributed by atoms with Gasteiger partial charge in [-0.15, -0.1) is 5.10 Å². The van der Waals surface area contributed by atoms with Gasteiger partial charge < -0.3 is 4.90 Å². The van der Waals surface area contributed by atoms with Crippen LogP contribution in [0.25, 0.3) is 0 Å². The van der Waals surface area contributed by atoms with Crippen molar-refractivity contribution in [3.8, 4) is 0 Å². The molecule has 4 atom stereocenters. The van der Waals surface area contributed by atoms with E-state index in [-0.39, 0.29) is 0 Å². The van der Waals surface area contributed by atoms with Gasteiger partial charge in [-0.25, -0.2) is 0 Å². The average molecular weight is 358 g/mol. The molecule has 3 unspecified atom stereocenters. The molecule has 2 N–H and O–H groups in total. The van der Waals surface area contributed by atoms with Gasteiger partial charge in [-0.05, 0) is 56.8 Å². The highest BCUT2D eigenvalue weighted by Crippen LogP contribution is 2.38. The summed E-state index contributed by atoms with van der Waals surface area (Å²) in [6.07, 6.45) is 11.1. The third-order valence-electron chi connectivity index (χ3n) is 6.85. The molecule has 1 aromatic heterocycles. The van der Waals surface area contributed by atoms with E-state index in [0.717, 1.165) is 44.6 Å². The summed E-state index contributed by atoms with van der Waals surface area (Å²) in [6.45, 7) is 2.77. The molecule has 0 radical (unpaired) electrons. The Morgan fingerprint density at radius 1 is 1.23 bits per heavy atom. The zero-order chi connectivity index (χ0) is 17.5. The van der Waals surface area contributed by atoms with Crippen LogP contribution in [0, 0.1) is 11.8 Å². The predicted molar refractivity (Wildman–Crippen MR) is 97.1 cm³/mol. The van der Waals surface area contributed by atoms with E-state index in [1.165, 1.54) is 32.1 Å². The van der Waals surface area contributed by atoms with Gasteiger partial charge in [-0.2, -0.15) is 0 Å². The topological polar surface area (TPSA) is 75.1 Å². The van der Waals surface area contributed by atoms with Crippen LogP contribution in [0.5, 0.6) is 0 Å². The lowest BCUT2D eigenvalue weighted by molar-refractivity contribution is -0.133. The summed E-state index contributed by atoms with van der Waals surface area (Å²) >= 11 is 0. The highest BCUT2D eigenvalue weighted by atomic mass is 16.2. The van der Waals surface area contributed by atoms with Crippen LogP contribution in [0.4, 0.5) is 0 Å². The van der Waals surface area contributed by atoms with Crippen molar-refractivity contribution >= 4 is 5.91 Å². The number of amides is 1. The maximum Gasteiger partial charge on any atom is 0.223 e. The lowest BCUT2D eigenvalue weighted by Crippen LogP contribution is -2.40. The number of fused-ring (bicyclic) bond motifs is 1. The third kappa shape index (κ3) is 3.39. The Morgan fingerprint density at radius 3 is 3.04 bits per heavy atom. The molecule has 26 heavy (non-hydrogen) atoms. The number of nitrogens with zero attached hydrogens (tertiary/aromatic N) is 4. The quantitative estimate of drug-likeness (QED) is 0.833. The number of hydrogen-bond donors (Lipinski definition) is 2. The normalized spacial score (nSPS) is 34.2. The largest absolute Gasteiger partial charge is 0.338 e. The molecule has 2 aliphatic heterocycles. The standard InChI is InChI=1S/C19H30N6O/c26-19(9-13-3-6-17-15(8-13)10-20-21-17)25-7-1-2-16(25)11-24-12-18(22-23-24)14-4-5-14/h12-17,20-21H,1-11H2/t13?,15?,16-,17?/m0/s1. The Kier molecular flexibility index (Phi) is 4.44. The van der Waals surface area contributed by atoms with Gasteiger partial charge in [0.2, 0.25) is 5.91 Å². The van der Waals surface area contributed by atoms with Gasteiger partial charge in [0.05, 0.1) is 18.3 Å². The van der Waals surface area contributed by atoms with Crippen molar-refractivity contribution < 1.29 is 4.79 Å². The second-order valence-electron chi connectivity index (χ2n) is 8.80. The summed E-state index contributed by atoms with van der Waals surface area (Å²) in [5.41, 5.74) is 7.79. The smallest absolute Gasteiger partial charge is 0.223 e. The fourth-order valence-electron chi connectivity index (χ4n) is 5.19. The minimum Gasteiger partial charge on any atom is -0.338 e. The van der Waals surface area contributed by atoms with Crippen LogP contribution < -0.4 is 10.9 Å². The van der Waals surface area contributed by atoms with Crippen LogP contribution in [-0.4, -0.2) is 51.0 Å². The Labute approximate surface area is 154 Å². The van der Waals surface area contributed by atoms with Gasteiger partial charge in [0.1, 0.15) is 0 Å². The minimum absolute atomic E-state index is 0.294. The van der Waals surface area contributed by atoms with Crippen molar-refractivity contribution in [1.82, 2.24) is 30.7 Å². The lowest BCUT2D eigenvalue weighted by atomic mass is 9.77. The molecule has 0 aromatic carbocycles. The second-order valence-corrected chi connectivity index (χ2v) is 8.80. The average Bonchev–Trinajstić information content (AvgIpc) is 3.04. The number of carbonyl (C=O) groups is 1. The van der Waals surface area contributed by atoms with Crippen LogP contribution in [0.1, 0.15) is 63.0 Å². The molecule has 142 valence electrons. The summed E-state index contributed by atoms with van der Waals surface area (Å²) in [7, 11) is 0. The lowest BCUT2D eigenvalue weighted by Gasteiger charge is -2.32. The zero-order valence-corrected chi connectivity index (χ0v) is 15.4. The number of nitrogens with one attached hydrogen (secondary N) is 2. The van der Waals surface area contributed by atoms with E-state index in [9.17, 15) is 4.79 Å². The first-order chi connectivity index (χ1) is 12.8. The van der Waals surface area contributed by atoms with Gasteiger partial charge in [-0.1, -0.05) is 5.21 Å². The number of likely N-dealkylation sites (tertiary alicyclic amines) is 1. The summed E-state index contributed by atoms with van der Waals surface area (Å²) in [6, 6.07) is 0.913. The number of hydrazine groups is 1. The van der Waals surface area contributed by atoms with Crippen molar-refractivity contribution in [3.63, 3.8) is 0 Å². The molecule has 4 aliphatic rings. The molecule has 2 aliphatic carbocycles. The Hall–Kier alpha value is -1.47.